The summed E-state index contributed by atoms with van der Waals surface area (Å²) in [6.07, 6.45) is 1.83. The summed E-state index contributed by atoms with van der Waals surface area (Å²) in [6.45, 7) is 1.99. The van der Waals surface area contributed by atoms with Gasteiger partial charge in [-0.15, -0.1) is 10.2 Å². The lowest BCUT2D eigenvalue weighted by atomic mass is 10.1. The van der Waals surface area contributed by atoms with Crippen molar-refractivity contribution in [2.75, 3.05) is 5.32 Å². The number of carbonyl (C=O) groups is 1. The third-order valence-electron chi connectivity index (χ3n) is 4.20. The van der Waals surface area contributed by atoms with Crippen molar-refractivity contribution in [1.82, 2.24) is 10.2 Å². The van der Waals surface area contributed by atoms with Crippen molar-refractivity contribution in [3.63, 3.8) is 0 Å². The number of hydrogen-bond donors (Lipinski definition) is 1. The average molecular weight is 406 g/mol. The second-order valence-electron chi connectivity index (χ2n) is 6.33. The van der Waals surface area contributed by atoms with E-state index in [4.69, 9.17) is 11.6 Å². The van der Waals surface area contributed by atoms with E-state index >= 15 is 0 Å². The molecule has 1 amide bonds. The number of carbonyl (C=O) groups excluding carboxylic acids is 1. The maximum Gasteiger partial charge on any atom is 0.286 e. The van der Waals surface area contributed by atoms with Crippen LogP contribution in [0.4, 0.5) is 5.69 Å². The summed E-state index contributed by atoms with van der Waals surface area (Å²) in [5, 5.41) is 14.4. The standard InChI is InChI=1S/C22H16ClN3OS/c1-14-6-10-18(11-7-14)24-20(27)22-26-25-21(28-22)19(23)13-15-8-9-16-4-2-3-5-17(16)12-15/h2-13H,1H3,(H,24,27)/b19-13-. The van der Waals surface area contributed by atoms with Gasteiger partial charge in [-0.05, 0) is 47.5 Å². The number of nitrogens with zero attached hydrogens (tertiary/aromatic N) is 2. The van der Waals surface area contributed by atoms with Gasteiger partial charge in [-0.2, -0.15) is 0 Å². The van der Waals surface area contributed by atoms with Crippen molar-refractivity contribution in [3.05, 3.63) is 87.9 Å². The van der Waals surface area contributed by atoms with E-state index in [9.17, 15) is 4.79 Å². The summed E-state index contributed by atoms with van der Waals surface area (Å²) >= 11 is 7.58. The van der Waals surface area contributed by atoms with Gasteiger partial charge in [0.2, 0.25) is 5.01 Å². The molecule has 138 valence electrons. The minimum atomic E-state index is -0.303. The van der Waals surface area contributed by atoms with Gasteiger partial charge in [0.05, 0.1) is 5.03 Å². The first kappa shape index (κ1) is 18.3. The molecule has 4 aromatic rings. The van der Waals surface area contributed by atoms with E-state index in [1.807, 2.05) is 61.5 Å². The van der Waals surface area contributed by atoms with Crippen molar-refractivity contribution < 1.29 is 4.79 Å². The molecular weight excluding hydrogens is 390 g/mol. The summed E-state index contributed by atoms with van der Waals surface area (Å²) < 4.78 is 0. The molecule has 4 rings (SSSR count). The van der Waals surface area contributed by atoms with Crippen LogP contribution in [-0.4, -0.2) is 16.1 Å². The SMILES string of the molecule is Cc1ccc(NC(=O)c2nnc(/C(Cl)=C/c3ccc4ccccc4c3)s2)cc1. The quantitative estimate of drug-likeness (QED) is 0.453. The van der Waals surface area contributed by atoms with Gasteiger partial charge in [-0.25, -0.2) is 0 Å². The van der Waals surface area contributed by atoms with Gasteiger partial charge in [-0.3, -0.25) is 4.79 Å². The lowest BCUT2D eigenvalue weighted by Gasteiger charge is -2.02. The summed E-state index contributed by atoms with van der Waals surface area (Å²) in [6, 6.07) is 21.8. The number of aromatic nitrogens is 2. The molecule has 0 atom stereocenters. The largest absolute Gasteiger partial charge is 0.320 e. The number of anilines is 1. The number of hydrogen-bond acceptors (Lipinski definition) is 4. The molecule has 1 aromatic heterocycles. The number of benzene rings is 3. The molecule has 0 aliphatic rings. The topological polar surface area (TPSA) is 54.9 Å². The minimum Gasteiger partial charge on any atom is -0.320 e. The lowest BCUT2D eigenvalue weighted by molar-refractivity contribution is 0.102. The molecule has 28 heavy (non-hydrogen) atoms. The first-order chi connectivity index (χ1) is 13.6. The smallest absolute Gasteiger partial charge is 0.286 e. The van der Waals surface area contributed by atoms with Crippen LogP contribution in [0.1, 0.15) is 25.9 Å². The number of halogens is 1. The van der Waals surface area contributed by atoms with Gasteiger partial charge in [0.1, 0.15) is 0 Å². The molecule has 0 saturated carbocycles. The zero-order valence-corrected chi connectivity index (χ0v) is 16.6. The van der Waals surface area contributed by atoms with Crippen molar-refractivity contribution >= 4 is 56.4 Å². The first-order valence-electron chi connectivity index (χ1n) is 8.66. The van der Waals surface area contributed by atoms with Crippen LogP contribution in [0.3, 0.4) is 0 Å². The van der Waals surface area contributed by atoms with Crippen LogP contribution in [0, 0.1) is 6.92 Å². The van der Waals surface area contributed by atoms with E-state index in [0.717, 1.165) is 27.8 Å². The van der Waals surface area contributed by atoms with Gasteiger partial charge in [0.15, 0.2) is 5.01 Å². The Morgan fingerprint density at radius 2 is 1.68 bits per heavy atom. The Morgan fingerprint density at radius 3 is 2.46 bits per heavy atom. The van der Waals surface area contributed by atoms with Crippen molar-refractivity contribution in [1.29, 1.82) is 0 Å². The van der Waals surface area contributed by atoms with Crippen LogP contribution < -0.4 is 5.32 Å². The molecule has 0 saturated heterocycles. The maximum atomic E-state index is 12.4. The Balaban J connectivity index is 1.52. The fourth-order valence-electron chi connectivity index (χ4n) is 2.74. The molecule has 6 heteroatoms. The number of fused-ring (bicyclic) bond motifs is 1. The molecule has 1 heterocycles. The third kappa shape index (κ3) is 4.11. The predicted octanol–water partition coefficient (Wildman–Crippen LogP) is 5.99. The van der Waals surface area contributed by atoms with E-state index in [0.29, 0.717) is 15.7 Å². The highest BCUT2D eigenvalue weighted by Crippen LogP contribution is 2.27. The highest BCUT2D eigenvalue weighted by Gasteiger charge is 2.15. The first-order valence-corrected chi connectivity index (χ1v) is 9.86. The zero-order chi connectivity index (χ0) is 19.5. The maximum absolute atomic E-state index is 12.4. The van der Waals surface area contributed by atoms with Gasteiger partial charge < -0.3 is 5.32 Å². The Morgan fingerprint density at radius 1 is 0.964 bits per heavy atom. The Labute approximate surface area is 171 Å². The molecule has 3 aromatic carbocycles. The van der Waals surface area contributed by atoms with Crippen LogP contribution in [0.25, 0.3) is 21.9 Å². The number of nitrogens with one attached hydrogen (secondary N) is 1. The van der Waals surface area contributed by atoms with Gasteiger partial charge in [0, 0.05) is 5.69 Å². The van der Waals surface area contributed by atoms with E-state index in [-0.39, 0.29) is 10.9 Å². The monoisotopic (exact) mass is 405 g/mol. The highest BCUT2D eigenvalue weighted by molar-refractivity contribution is 7.15. The molecule has 0 fully saturated rings. The summed E-state index contributed by atoms with van der Waals surface area (Å²) in [4.78, 5) is 12.4. The zero-order valence-electron chi connectivity index (χ0n) is 15.0. The molecular formula is C22H16ClN3OS. The van der Waals surface area contributed by atoms with Crippen LogP contribution >= 0.6 is 22.9 Å². The Bertz CT molecular complexity index is 1180. The fraction of sp³-hybridized carbons (Fsp3) is 0.0455. The van der Waals surface area contributed by atoms with Crippen LogP contribution in [0.2, 0.25) is 0 Å². The Kier molecular flexibility index (Phi) is 5.19. The fourth-order valence-corrected chi connectivity index (χ4v) is 3.66. The second kappa shape index (κ2) is 7.92. The third-order valence-corrected chi connectivity index (χ3v) is 5.56. The molecule has 1 N–H and O–H groups in total. The van der Waals surface area contributed by atoms with Crippen molar-refractivity contribution in [2.45, 2.75) is 6.92 Å². The van der Waals surface area contributed by atoms with Crippen LogP contribution in [0.15, 0.2) is 66.7 Å². The summed E-state index contributed by atoms with van der Waals surface area (Å²) in [7, 11) is 0. The molecule has 0 bridgehead atoms. The van der Waals surface area contributed by atoms with Crippen LogP contribution in [0.5, 0.6) is 0 Å². The minimum absolute atomic E-state index is 0.264. The van der Waals surface area contributed by atoms with E-state index in [1.54, 1.807) is 0 Å². The normalized spacial score (nSPS) is 11.6. The Hall–Kier alpha value is -3.02. The molecule has 4 nitrogen and oxygen atoms in total. The molecule has 0 aliphatic carbocycles. The number of rotatable bonds is 4. The molecule has 0 radical (unpaired) electrons. The number of aryl methyl sites for hydroxylation is 1. The van der Waals surface area contributed by atoms with Gasteiger partial charge in [0.25, 0.3) is 5.91 Å². The van der Waals surface area contributed by atoms with Crippen molar-refractivity contribution in [2.24, 2.45) is 0 Å². The number of amides is 1. The molecule has 0 unspecified atom stereocenters. The molecule has 0 aliphatic heterocycles. The van der Waals surface area contributed by atoms with Crippen LogP contribution in [-0.2, 0) is 0 Å². The van der Waals surface area contributed by atoms with Gasteiger partial charge in [-0.1, -0.05) is 77.0 Å². The second-order valence-corrected chi connectivity index (χ2v) is 7.72. The highest BCUT2D eigenvalue weighted by atomic mass is 35.5. The van der Waals surface area contributed by atoms with Gasteiger partial charge >= 0.3 is 0 Å². The van der Waals surface area contributed by atoms with E-state index in [1.165, 1.54) is 5.39 Å². The summed E-state index contributed by atoms with van der Waals surface area (Å²) in [5.41, 5.74) is 2.80. The summed E-state index contributed by atoms with van der Waals surface area (Å²) in [5.74, 6) is -0.303. The van der Waals surface area contributed by atoms with Crippen molar-refractivity contribution in [3.8, 4) is 0 Å². The molecule has 0 spiro atoms. The van der Waals surface area contributed by atoms with E-state index < -0.39 is 0 Å². The van der Waals surface area contributed by atoms with E-state index in [2.05, 4.69) is 33.7 Å². The lowest BCUT2D eigenvalue weighted by Crippen LogP contribution is -2.11. The predicted molar refractivity (Wildman–Crippen MR) is 117 cm³/mol. The average Bonchev–Trinajstić information content (AvgIpc) is 3.20.